The van der Waals surface area contributed by atoms with Crippen molar-refractivity contribution in [3.63, 3.8) is 0 Å². The SMILES string of the molecule is COC(=O)[C@@]1(Cc2ccccc2)CC(=O)[C@H](Cc2c[nH]c3ccccc23)NC1=O. The summed E-state index contributed by atoms with van der Waals surface area (Å²) in [5.74, 6) is -1.31. The van der Waals surface area contributed by atoms with Crippen LogP contribution in [0.1, 0.15) is 17.5 Å². The number of methoxy groups -OCH3 is 1. The van der Waals surface area contributed by atoms with E-state index in [2.05, 4.69) is 10.3 Å². The second-order valence-corrected chi connectivity index (χ2v) is 7.47. The van der Waals surface area contributed by atoms with Gasteiger partial charge in [0.05, 0.1) is 13.2 Å². The summed E-state index contributed by atoms with van der Waals surface area (Å²) in [6.45, 7) is 0. The number of rotatable bonds is 5. The molecule has 1 aliphatic heterocycles. The predicted octanol–water partition coefficient (Wildman–Crippen LogP) is 2.57. The van der Waals surface area contributed by atoms with E-state index in [1.165, 1.54) is 7.11 Å². The molecule has 2 heterocycles. The van der Waals surface area contributed by atoms with Gasteiger partial charge in [0.2, 0.25) is 5.91 Å². The molecule has 2 N–H and O–H groups in total. The largest absolute Gasteiger partial charge is 0.468 e. The lowest BCUT2D eigenvalue weighted by atomic mass is 9.72. The summed E-state index contributed by atoms with van der Waals surface area (Å²) in [5.41, 5.74) is 1.19. The van der Waals surface area contributed by atoms with E-state index in [-0.39, 0.29) is 18.6 Å². The van der Waals surface area contributed by atoms with Crippen LogP contribution < -0.4 is 5.32 Å². The lowest BCUT2D eigenvalue weighted by molar-refractivity contribution is -0.164. The summed E-state index contributed by atoms with van der Waals surface area (Å²) in [6.07, 6.45) is 2.18. The number of nitrogens with one attached hydrogen (secondary N) is 2. The fourth-order valence-electron chi connectivity index (χ4n) is 4.08. The van der Waals surface area contributed by atoms with Crippen LogP contribution >= 0.6 is 0 Å². The molecule has 6 nitrogen and oxygen atoms in total. The van der Waals surface area contributed by atoms with Gasteiger partial charge in [-0.1, -0.05) is 48.5 Å². The number of carbonyl (C=O) groups excluding carboxylic acids is 3. The smallest absolute Gasteiger partial charge is 0.322 e. The van der Waals surface area contributed by atoms with Gasteiger partial charge in [0.15, 0.2) is 11.2 Å². The highest BCUT2D eigenvalue weighted by Gasteiger charge is 2.53. The molecule has 3 aromatic rings. The van der Waals surface area contributed by atoms with Crippen molar-refractivity contribution in [1.82, 2.24) is 10.3 Å². The molecule has 1 amide bonds. The lowest BCUT2D eigenvalue weighted by Crippen LogP contribution is -2.60. The molecule has 0 spiro atoms. The van der Waals surface area contributed by atoms with Crippen molar-refractivity contribution >= 4 is 28.6 Å². The van der Waals surface area contributed by atoms with Gasteiger partial charge in [0.1, 0.15) is 0 Å². The molecule has 1 fully saturated rings. The molecular formula is C23H22N2O4. The minimum Gasteiger partial charge on any atom is -0.468 e. The Balaban J connectivity index is 1.60. The minimum atomic E-state index is -1.54. The number of hydrogen-bond acceptors (Lipinski definition) is 4. The number of ether oxygens (including phenoxy) is 1. The van der Waals surface area contributed by atoms with E-state index in [0.717, 1.165) is 22.0 Å². The Kier molecular flexibility index (Phi) is 4.92. The van der Waals surface area contributed by atoms with Gasteiger partial charge in [-0.3, -0.25) is 14.4 Å². The third kappa shape index (κ3) is 3.42. The van der Waals surface area contributed by atoms with Crippen LogP contribution in [0.25, 0.3) is 10.9 Å². The molecule has 6 heteroatoms. The predicted molar refractivity (Wildman–Crippen MR) is 108 cm³/mol. The second-order valence-electron chi connectivity index (χ2n) is 7.47. The highest BCUT2D eigenvalue weighted by atomic mass is 16.5. The number of H-pyrrole nitrogens is 1. The van der Waals surface area contributed by atoms with Gasteiger partial charge in [0, 0.05) is 29.9 Å². The van der Waals surface area contributed by atoms with Gasteiger partial charge < -0.3 is 15.0 Å². The van der Waals surface area contributed by atoms with Gasteiger partial charge in [-0.2, -0.15) is 0 Å². The van der Waals surface area contributed by atoms with Crippen molar-refractivity contribution < 1.29 is 19.1 Å². The van der Waals surface area contributed by atoms with Crippen molar-refractivity contribution in [2.24, 2.45) is 5.41 Å². The number of para-hydroxylation sites is 1. The summed E-state index contributed by atoms with van der Waals surface area (Å²) < 4.78 is 4.93. The first-order chi connectivity index (χ1) is 14.0. The number of carbonyl (C=O) groups is 3. The quantitative estimate of drug-likeness (QED) is 0.518. The van der Waals surface area contributed by atoms with Gasteiger partial charge in [-0.25, -0.2) is 0 Å². The van der Waals surface area contributed by atoms with E-state index in [4.69, 9.17) is 4.74 Å². The molecule has 4 rings (SSSR count). The van der Waals surface area contributed by atoms with E-state index in [9.17, 15) is 14.4 Å². The Labute approximate surface area is 168 Å². The standard InChI is InChI=1S/C23H22N2O4/c1-29-22(28)23(12-15-7-3-2-4-8-15)13-20(26)19(25-21(23)27)11-16-14-24-18-10-6-5-9-17(16)18/h2-10,14,19,24H,11-13H2,1H3,(H,25,27)/t19-,23-/m0/s1. The van der Waals surface area contributed by atoms with E-state index < -0.39 is 23.3 Å². The van der Waals surface area contributed by atoms with Crippen LogP contribution in [0.15, 0.2) is 60.8 Å². The van der Waals surface area contributed by atoms with Crippen LogP contribution in [0.4, 0.5) is 0 Å². The maximum Gasteiger partial charge on any atom is 0.322 e. The molecule has 29 heavy (non-hydrogen) atoms. The number of aromatic amines is 1. The first-order valence-corrected chi connectivity index (χ1v) is 9.54. The highest BCUT2D eigenvalue weighted by Crippen LogP contribution is 2.34. The maximum atomic E-state index is 13.1. The topological polar surface area (TPSA) is 88.3 Å². The Morgan fingerprint density at radius 3 is 2.59 bits per heavy atom. The third-order valence-corrected chi connectivity index (χ3v) is 5.63. The van der Waals surface area contributed by atoms with Crippen molar-refractivity contribution in [3.8, 4) is 0 Å². The molecule has 2 atom stereocenters. The van der Waals surface area contributed by atoms with Crippen LogP contribution in [0.2, 0.25) is 0 Å². The number of amides is 1. The Bertz CT molecular complexity index is 1070. The Morgan fingerprint density at radius 1 is 1.10 bits per heavy atom. The lowest BCUT2D eigenvalue weighted by Gasteiger charge is -2.36. The Hall–Kier alpha value is -3.41. The monoisotopic (exact) mass is 390 g/mol. The number of Topliss-reactive ketones (excluding diaryl/α,β-unsaturated/α-hetero) is 1. The number of piperidine rings is 1. The van der Waals surface area contributed by atoms with Crippen LogP contribution in [0.5, 0.6) is 0 Å². The first-order valence-electron chi connectivity index (χ1n) is 9.54. The van der Waals surface area contributed by atoms with Crippen LogP contribution in [-0.2, 0) is 32.0 Å². The third-order valence-electron chi connectivity index (χ3n) is 5.63. The molecular weight excluding hydrogens is 368 g/mol. The average Bonchev–Trinajstić information content (AvgIpc) is 3.14. The summed E-state index contributed by atoms with van der Waals surface area (Å²) in [7, 11) is 1.24. The van der Waals surface area contributed by atoms with Gasteiger partial charge in [0.25, 0.3) is 0 Å². The molecule has 0 radical (unpaired) electrons. The molecule has 0 bridgehead atoms. The number of fused-ring (bicyclic) bond motifs is 1. The van der Waals surface area contributed by atoms with E-state index in [1.807, 2.05) is 60.8 Å². The first kappa shape index (κ1) is 18.9. The maximum absolute atomic E-state index is 13.1. The fourth-order valence-corrected chi connectivity index (χ4v) is 4.08. The van der Waals surface area contributed by atoms with Gasteiger partial charge in [-0.05, 0) is 23.6 Å². The summed E-state index contributed by atoms with van der Waals surface area (Å²) in [5, 5.41) is 3.81. The van der Waals surface area contributed by atoms with E-state index >= 15 is 0 Å². The van der Waals surface area contributed by atoms with Crippen LogP contribution in [0.3, 0.4) is 0 Å². The number of benzene rings is 2. The molecule has 0 aliphatic carbocycles. The van der Waals surface area contributed by atoms with E-state index in [1.54, 1.807) is 0 Å². The normalized spacial score (nSPS) is 21.8. The molecule has 2 aromatic carbocycles. The zero-order valence-electron chi connectivity index (χ0n) is 16.1. The number of ketones is 1. The Morgan fingerprint density at radius 2 is 1.83 bits per heavy atom. The second kappa shape index (κ2) is 7.54. The van der Waals surface area contributed by atoms with Gasteiger partial charge >= 0.3 is 5.97 Å². The van der Waals surface area contributed by atoms with Crippen LogP contribution in [-0.4, -0.2) is 35.8 Å². The summed E-state index contributed by atoms with van der Waals surface area (Å²) >= 11 is 0. The molecule has 1 aromatic heterocycles. The summed E-state index contributed by atoms with van der Waals surface area (Å²) in [4.78, 5) is 41.9. The number of aromatic nitrogens is 1. The molecule has 0 saturated carbocycles. The average molecular weight is 390 g/mol. The number of esters is 1. The van der Waals surface area contributed by atoms with Crippen molar-refractivity contribution in [2.45, 2.75) is 25.3 Å². The molecule has 0 unspecified atom stereocenters. The fraction of sp³-hybridized carbons (Fsp3) is 0.261. The van der Waals surface area contributed by atoms with Gasteiger partial charge in [-0.15, -0.1) is 0 Å². The number of hydrogen-bond donors (Lipinski definition) is 2. The summed E-state index contributed by atoms with van der Waals surface area (Å²) in [6, 6.07) is 16.3. The zero-order chi connectivity index (χ0) is 20.4. The zero-order valence-corrected chi connectivity index (χ0v) is 16.1. The molecule has 1 aliphatic rings. The van der Waals surface area contributed by atoms with Crippen molar-refractivity contribution in [1.29, 1.82) is 0 Å². The highest BCUT2D eigenvalue weighted by molar-refractivity contribution is 6.11. The molecule has 1 saturated heterocycles. The van der Waals surface area contributed by atoms with Crippen molar-refractivity contribution in [2.75, 3.05) is 7.11 Å². The van der Waals surface area contributed by atoms with Crippen molar-refractivity contribution in [3.05, 3.63) is 71.9 Å². The van der Waals surface area contributed by atoms with E-state index in [0.29, 0.717) is 6.42 Å². The van der Waals surface area contributed by atoms with Crippen LogP contribution in [0, 0.1) is 5.41 Å². The molecule has 148 valence electrons. The minimum absolute atomic E-state index is 0.123.